The van der Waals surface area contributed by atoms with E-state index in [1.54, 1.807) is 0 Å². The second-order valence-electron chi connectivity index (χ2n) is 8.24. The first-order valence-corrected chi connectivity index (χ1v) is 8.15. The van der Waals surface area contributed by atoms with Crippen molar-refractivity contribution in [1.29, 1.82) is 0 Å². The first-order chi connectivity index (χ1) is 9.42. The van der Waals surface area contributed by atoms with Gasteiger partial charge in [0.2, 0.25) is 0 Å². The number of nitrogens with zero attached hydrogens (tertiary/aromatic N) is 1. The first kappa shape index (κ1) is 14.2. The van der Waals surface area contributed by atoms with Crippen molar-refractivity contribution in [2.45, 2.75) is 64.3 Å². The molecular weight excluding hydrogens is 250 g/mol. The van der Waals surface area contributed by atoms with E-state index in [1.807, 2.05) is 13.8 Å². The highest BCUT2D eigenvalue weighted by Crippen LogP contribution is 2.55. The van der Waals surface area contributed by atoms with Gasteiger partial charge in [0.05, 0.1) is 0 Å². The maximum atomic E-state index is 8.84. The molecule has 4 aliphatic carbocycles. The number of hydrogen-bond acceptors (Lipinski definition) is 3. The van der Waals surface area contributed by atoms with Crippen LogP contribution in [0.25, 0.3) is 0 Å². The van der Waals surface area contributed by atoms with Crippen LogP contribution in [0.2, 0.25) is 0 Å². The van der Waals surface area contributed by atoms with Gasteiger partial charge in [-0.15, -0.1) is 0 Å². The van der Waals surface area contributed by atoms with Crippen LogP contribution in [0.1, 0.15) is 58.8 Å². The van der Waals surface area contributed by atoms with Gasteiger partial charge < -0.3 is 16.3 Å². The third-order valence-corrected chi connectivity index (χ3v) is 6.09. The van der Waals surface area contributed by atoms with Crippen molar-refractivity contribution < 1.29 is 5.21 Å². The molecule has 0 heterocycles. The van der Waals surface area contributed by atoms with E-state index in [4.69, 9.17) is 10.9 Å². The molecule has 4 heteroatoms. The van der Waals surface area contributed by atoms with Crippen molar-refractivity contribution in [2.75, 3.05) is 6.54 Å². The van der Waals surface area contributed by atoms with Crippen molar-refractivity contribution in [1.82, 2.24) is 5.32 Å². The number of hydrogen-bond donors (Lipinski definition) is 3. The smallest absolute Gasteiger partial charge is 0.144 e. The van der Waals surface area contributed by atoms with Crippen LogP contribution in [0.3, 0.4) is 0 Å². The summed E-state index contributed by atoms with van der Waals surface area (Å²) in [6.45, 7) is 5.06. The zero-order valence-corrected chi connectivity index (χ0v) is 12.9. The van der Waals surface area contributed by atoms with Gasteiger partial charge in [-0.05, 0) is 69.2 Å². The van der Waals surface area contributed by atoms with Crippen LogP contribution in [-0.2, 0) is 0 Å². The van der Waals surface area contributed by atoms with Crippen molar-refractivity contribution in [3.8, 4) is 0 Å². The minimum Gasteiger partial charge on any atom is -0.409 e. The van der Waals surface area contributed by atoms with Crippen LogP contribution in [-0.4, -0.2) is 23.1 Å². The molecule has 0 aromatic heterocycles. The molecular formula is C16H29N3O. The highest BCUT2D eigenvalue weighted by Gasteiger charge is 2.50. The van der Waals surface area contributed by atoms with Gasteiger partial charge in [-0.3, -0.25) is 0 Å². The van der Waals surface area contributed by atoms with Crippen molar-refractivity contribution in [2.24, 2.45) is 34.1 Å². The molecule has 4 N–H and O–H groups in total. The highest BCUT2D eigenvalue weighted by atomic mass is 16.4. The molecule has 4 saturated carbocycles. The van der Waals surface area contributed by atoms with E-state index >= 15 is 0 Å². The molecule has 0 atom stereocenters. The zero-order chi connectivity index (χ0) is 14.4. The average Bonchev–Trinajstić information content (AvgIpc) is 2.35. The first-order valence-electron chi connectivity index (χ1n) is 8.15. The van der Waals surface area contributed by atoms with Crippen LogP contribution in [0.15, 0.2) is 5.16 Å². The fourth-order valence-electron chi connectivity index (χ4n) is 5.23. The van der Waals surface area contributed by atoms with Crippen LogP contribution < -0.4 is 11.1 Å². The lowest BCUT2D eigenvalue weighted by atomic mass is 9.53. The molecule has 0 amide bonds. The molecule has 4 fully saturated rings. The molecule has 4 bridgehead atoms. The predicted molar refractivity (Wildman–Crippen MR) is 80.7 cm³/mol. The fraction of sp³-hybridized carbons (Fsp3) is 0.938. The summed E-state index contributed by atoms with van der Waals surface area (Å²) in [5.41, 5.74) is 5.95. The molecule has 4 aliphatic rings. The lowest BCUT2D eigenvalue weighted by Crippen LogP contribution is -2.58. The van der Waals surface area contributed by atoms with Crippen molar-refractivity contribution in [3.05, 3.63) is 0 Å². The van der Waals surface area contributed by atoms with Gasteiger partial charge in [-0.2, -0.15) is 0 Å². The van der Waals surface area contributed by atoms with Crippen LogP contribution in [0.4, 0.5) is 0 Å². The second kappa shape index (κ2) is 4.90. The summed E-state index contributed by atoms with van der Waals surface area (Å²) in [5, 5.41) is 15.9. The lowest BCUT2D eigenvalue weighted by molar-refractivity contribution is -0.0201. The Balaban J connectivity index is 1.56. The normalized spacial score (nSPS) is 40.3. The number of oxime groups is 1. The van der Waals surface area contributed by atoms with E-state index in [-0.39, 0.29) is 5.41 Å². The molecule has 4 nitrogen and oxygen atoms in total. The van der Waals surface area contributed by atoms with Crippen molar-refractivity contribution in [3.63, 3.8) is 0 Å². The van der Waals surface area contributed by atoms with E-state index in [0.717, 1.165) is 30.7 Å². The van der Waals surface area contributed by atoms with Gasteiger partial charge in [-0.25, -0.2) is 0 Å². The predicted octanol–water partition coefficient (Wildman–Crippen LogP) is 2.71. The van der Waals surface area contributed by atoms with Gasteiger partial charge in [0, 0.05) is 11.0 Å². The Morgan fingerprint density at radius 3 is 2.15 bits per heavy atom. The third-order valence-electron chi connectivity index (χ3n) is 6.09. The van der Waals surface area contributed by atoms with Crippen LogP contribution in [0, 0.1) is 23.2 Å². The van der Waals surface area contributed by atoms with Crippen molar-refractivity contribution >= 4 is 5.84 Å². The molecule has 4 rings (SSSR count). The average molecular weight is 279 g/mol. The second-order valence-corrected chi connectivity index (χ2v) is 8.24. The Hall–Kier alpha value is -0.770. The summed E-state index contributed by atoms with van der Waals surface area (Å²) in [5.74, 6) is 3.27. The standard InChI is InChI=1S/C16H29N3O/c1-15(2,14(17)19-20)3-4-18-16-8-11-5-12(9-16)7-13(6-11)10-16/h11-13,18,20H,3-10H2,1-2H3,(H2,17,19). The van der Waals surface area contributed by atoms with Crippen LogP contribution >= 0.6 is 0 Å². The van der Waals surface area contributed by atoms with E-state index in [9.17, 15) is 0 Å². The third kappa shape index (κ3) is 2.54. The number of nitrogens with two attached hydrogens (primary N) is 1. The topological polar surface area (TPSA) is 70.6 Å². The highest BCUT2D eigenvalue weighted by molar-refractivity contribution is 5.85. The monoisotopic (exact) mass is 279 g/mol. The van der Waals surface area contributed by atoms with Gasteiger partial charge >= 0.3 is 0 Å². The van der Waals surface area contributed by atoms with Crippen LogP contribution in [0.5, 0.6) is 0 Å². The van der Waals surface area contributed by atoms with E-state index < -0.39 is 0 Å². The van der Waals surface area contributed by atoms with Gasteiger partial charge in [0.15, 0.2) is 0 Å². The summed E-state index contributed by atoms with van der Waals surface area (Å²) in [7, 11) is 0. The lowest BCUT2D eigenvalue weighted by Gasteiger charge is -2.57. The Morgan fingerprint density at radius 2 is 1.70 bits per heavy atom. The maximum Gasteiger partial charge on any atom is 0.144 e. The molecule has 0 aliphatic heterocycles. The Kier molecular flexibility index (Phi) is 3.47. The molecule has 0 aromatic rings. The molecule has 0 aromatic carbocycles. The minimum absolute atomic E-state index is 0.232. The Bertz CT molecular complexity index is 367. The fourth-order valence-corrected chi connectivity index (χ4v) is 5.23. The summed E-state index contributed by atoms with van der Waals surface area (Å²) in [4.78, 5) is 0. The number of nitrogens with one attached hydrogen (secondary N) is 1. The molecule has 0 radical (unpaired) electrons. The quantitative estimate of drug-likeness (QED) is 0.314. The molecule has 114 valence electrons. The van der Waals surface area contributed by atoms with Gasteiger partial charge in [-0.1, -0.05) is 19.0 Å². The van der Waals surface area contributed by atoms with E-state index in [2.05, 4.69) is 10.5 Å². The number of rotatable bonds is 5. The zero-order valence-electron chi connectivity index (χ0n) is 12.9. The van der Waals surface area contributed by atoms with Gasteiger partial charge in [0.25, 0.3) is 0 Å². The molecule has 0 unspecified atom stereocenters. The SMILES string of the molecule is CC(C)(CCNC12CC3CC(CC(C3)C1)C2)C(N)=NO. The Labute approximate surface area is 122 Å². The summed E-state index contributed by atoms with van der Waals surface area (Å²) in [6, 6.07) is 0. The minimum atomic E-state index is -0.232. The summed E-state index contributed by atoms with van der Waals surface area (Å²) < 4.78 is 0. The largest absolute Gasteiger partial charge is 0.409 e. The summed E-state index contributed by atoms with van der Waals surface area (Å²) >= 11 is 0. The van der Waals surface area contributed by atoms with E-state index in [1.165, 1.54) is 38.5 Å². The van der Waals surface area contributed by atoms with E-state index in [0.29, 0.717) is 11.4 Å². The maximum absolute atomic E-state index is 8.84. The molecule has 20 heavy (non-hydrogen) atoms. The Morgan fingerprint density at radius 1 is 1.20 bits per heavy atom. The summed E-state index contributed by atoms with van der Waals surface area (Å²) in [6.07, 6.45) is 9.50. The van der Waals surface area contributed by atoms with Gasteiger partial charge in [0.1, 0.15) is 5.84 Å². The number of amidine groups is 1. The molecule has 0 saturated heterocycles. The molecule has 0 spiro atoms.